The van der Waals surface area contributed by atoms with Crippen LogP contribution in [0, 0.1) is 0 Å². The molecule has 9 nitrogen and oxygen atoms in total. The summed E-state index contributed by atoms with van der Waals surface area (Å²) >= 11 is 0. The van der Waals surface area contributed by atoms with Crippen LogP contribution in [0.2, 0.25) is 0 Å². The second-order valence-electron chi connectivity index (χ2n) is 6.73. The van der Waals surface area contributed by atoms with Crippen LogP contribution in [0.25, 0.3) is 0 Å². The number of ether oxygens (including phenoxy) is 2. The molecular weight excluding hydrogens is 396 g/mol. The third-order valence-corrected chi connectivity index (χ3v) is 8.69. The Kier molecular flexibility index (Phi) is 4.54. The third-order valence-electron chi connectivity index (χ3n) is 5.09. The largest absolute Gasteiger partial charge is 0.347 e. The molecule has 3 fully saturated rings. The lowest BCUT2D eigenvalue weighted by atomic mass is 10.1. The molecule has 0 aliphatic carbocycles. The zero-order valence-electron chi connectivity index (χ0n) is 14.5. The van der Waals surface area contributed by atoms with Crippen molar-refractivity contribution in [3.63, 3.8) is 0 Å². The lowest BCUT2D eigenvalue weighted by Crippen LogP contribution is -2.47. The van der Waals surface area contributed by atoms with Crippen molar-refractivity contribution in [3.8, 4) is 0 Å². The van der Waals surface area contributed by atoms with Gasteiger partial charge < -0.3 is 9.47 Å². The van der Waals surface area contributed by atoms with Gasteiger partial charge in [0.05, 0.1) is 29.5 Å². The maximum Gasteiger partial charge on any atom is 0.243 e. The maximum absolute atomic E-state index is 12.9. The van der Waals surface area contributed by atoms with Crippen LogP contribution in [-0.2, 0) is 34.3 Å². The minimum atomic E-state index is -3.72. The Hall–Kier alpha value is -1.53. The van der Waals surface area contributed by atoms with Crippen molar-refractivity contribution in [3.05, 3.63) is 24.3 Å². The topological polar surface area (TPSA) is 110 Å². The average Bonchev–Trinajstić information content (AvgIpc) is 3.19. The molecule has 3 heterocycles. The number of sulfonamides is 2. The summed E-state index contributed by atoms with van der Waals surface area (Å²) in [4.78, 5) is 11.9. The zero-order chi connectivity index (χ0) is 19.3. The van der Waals surface area contributed by atoms with Gasteiger partial charge >= 0.3 is 0 Å². The molecule has 3 saturated heterocycles. The predicted molar refractivity (Wildman–Crippen MR) is 95.0 cm³/mol. The molecule has 3 aliphatic rings. The van der Waals surface area contributed by atoms with E-state index in [-0.39, 0.29) is 35.8 Å². The van der Waals surface area contributed by atoms with Crippen LogP contribution in [0.5, 0.6) is 0 Å². The van der Waals surface area contributed by atoms with Crippen LogP contribution in [0.4, 0.5) is 5.69 Å². The molecule has 1 aromatic carbocycles. The molecule has 3 aliphatic heterocycles. The Morgan fingerprint density at radius 2 is 1.59 bits per heavy atom. The molecule has 1 spiro atoms. The van der Waals surface area contributed by atoms with E-state index in [0.717, 1.165) is 4.31 Å². The number of amides is 1. The molecule has 1 aromatic rings. The standard InChI is InChI=1S/C16H20N2O7S2/c19-15-5-12-26(20,21)18(15)13-1-3-14(4-2-13)27(22,23)17-8-6-16(7-9-17)24-10-11-25-16/h1-4H,5-12H2. The van der Waals surface area contributed by atoms with E-state index in [1.165, 1.54) is 28.6 Å². The monoisotopic (exact) mass is 416 g/mol. The van der Waals surface area contributed by atoms with Crippen molar-refractivity contribution in [2.45, 2.75) is 29.9 Å². The van der Waals surface area contributed by atoms with Crippen molar-refractivity contribution in [1.82, 2.24) is 4.31 Å². The average molecular weight is 416 g/mol. The molecule has 0 unspecified atom stereocenters. The Balaban J connectivity index is 1.52. The molecule has 0 aromatic heterocycles. The first-order chi connectivity index (χ1) is 12.7. The van der Waals surface area contributed by atoms with E-state index >= 15 is 0 Å². The van der Waals surface area contributed by atoms with Crippen molar-refractivity contribution >= 4 is 31.6 Å². The number of carbonyl (C=O) groups excluding carboxylic acids is 1. The van der Waals surface area contributed by atoms with E-state index in [9.17, 15) is 21.6 Å². The first kappa shape index (κ1) is 18.8. The van der Waals surface area contributed by atoms with E-state index in [1.54, 1.807) is 0 Å². The lowest BCUT2D eigenvalue weighted by molar-refractivity contribution is -0.179. The molecule has 0 saturated carbocycles. The Bertz CT molecular complexity index is 941. The Morgan fingerprint density at radius 3 is 2.11 bits per heavy atom. The van der Waals surface area contributed by atoms with Crippen molar-refractivity contribution < 1.29 is 31.1 Å². The molecule has 0 bridgehead atoms. The van der Waals surface area contributed by atoms with Crippen LogP contribution in [0.3, 0.4) is 0 Å². The SMILES string of the molecule is O=C1CCS(=O)(=O)N1c1ccc(S(=O)(=O)N2CCC3(CC2)OCCO3)cc1. The van der Waals surface area contributed by atoms with Gasteiger partial charge in [0, 0.05) is 32.4 Å². The highest BCUT2D eigenvalue weighted by molar-refractivity contribution is 7.94. The van der Waals surface area contributed by atoms with E-state index < -0.39 is 31.7 Å². The number of hydrogen-bond donors (Lipinski definition) is 0. The van der Waals surface area contributed by atoms with Gasteiger partial charge in [0.2, 0.25) is 26.0 Å². The number of carbonyl (C=O) groups is 1. The highest BCUT2D eigenvalue weighted by Crippen LogP contribution is 2.34. The zero-order valence-corrected chi connectivity index (χ0v) is 16.2. The van der Waals surface area contributed by atoms with Crippen LogP contribution < -0.4 is 4.31 Å². The minimum absolute atomic E-state index is 0.0551. The van der Waals surface area contributed by atoms with Gasteiger partial charge in [-0.1, -0.05) is 0 Å². The van der Waals surface area contributed by atoms with Crippen LogP contribution in [0.15, 0.2) is 29.2 Å². The van der Waals surface area contributed by atoms with Gasteiger partial charge in [-0.25, -0.2) is 21.1 Å². The maximum atomic E-state index is 12.9. The van der Waals surface area contributed by atoms with Gasteiger partial charge in [-0.3, -0.25) is 4.79 Å². The quantitative estimate of drug-likeness (QED) is 0.696. The molecule has 0 radical (unpaired) electrons. The Morgan fingerprint density at radius 1 is 1.00 bits per heavy atom. The first-order valence-electron chi connectivity index (χ1n) is 8.68. The van der Waals surface area contributed by atoms with E-state index in [4.69, 9.17) is 9.47 Å². The van der Waals surface area contributed by atoms with Crippen LogP contribution in [-0.4, -0.2) is 64.9 Å². The van der Waals surface area contributed by atoms with Gasteiger partial charge in [-0.2, -0.15) is 4.31 Å². The number of benzene rings is 1. The van der Waals surface area contributed by atoms with Crippen LogP contribution in [0.1, 0.15) is 19.3 Å². The molecule has 27 heavy (non-hydrogen) atoms. The second kappa shape index (κ2) is 6.52. The van der Waals surface area contributed by atoms with Crippen molar-refractivity contribution in [2.24, 2.45) is 0 Å². The first-order valence-corrected chi connectivity index (χ1v) is 11.7. The molecular formula is C16H20N2O7S2. The van der Waals surface area contributed by atoms with Gasteiger partial charge in [0.1, 0.15) is 0 Å². The Labute approximate surface area is 157 Å². The van der Waals surface area contributed by atoms with Gasteiger partial charge in [0.25, 0.3) is 0 Å². The number of nitrogens with zero attached hydrogens (tertiary/aromatic N) is 2. The van der Waals surface area contributed by atoms with E-state index in [2.05, 4.69) is 0 Å². The summed E-state index contributed by atoms with van der Waals surface area (Å²) in [5, 5.41) is 0. The molecule has 148 valence electrons. The lowest BCUT2D eigenvalue weighted by Gasteiger charge is -2.36. The summed E-state index contributed by atoms with van der Waals surface area (Å²) in [6.07, 6.45) is 0.859. The highest BCUT2D eigenvalue weighted by atomic mass is 32.2. The number of anilines is 1. The number of piperidine rings is 1. The fraction of sp³-hybridized carbons (Fsp3) is 0.562. The minimum Gasteiger partial charge on any atom is -0.347 e. The molecule has 11 heteroatoms. The number of hydrogen-bond acceptors (Lipinski definition) is 7. The molecule has 0 N–H and O–H groups in total. The van der Waals surface area contributed by atoms with E-state index in [0.29, 0.717) is 26.1 Å². The normalized spacial score (nSPS) is 25.3. The summed E-state index contributed by atoms with van der Waals surface area (Å²) < 4.78 is 63.0. The summed E-state index contributed by atoms with van der Waals surface area (Å²) in [5.41, 5.74) is 0.154. The fourth-order valence-corrected chi connectivity index (χ4v) is 6.53. The third kappa shape index (κ3) is 3.27. The summed E-state index contributed by atoms with van der Waals surface area (Å²) in [5.74, 6) is -1.41. The summed E-state index contributed by atoms with van der Waals surface area (Å²) in [6.45, 7) is 1.60. The van der Waals surface area contributed by atoms with Crippen molar-refractivity contribution in [2.75, 3.05) is 36.4 Å². The van der Waals surface area contributed by atoms with Gasteiger partial charge in [-0.15, -0.1) is 0 Å². The highest BCUT2D eigenvalue weighted by Gasteiger charge is 2.43. The van der Waals surface area contributed by atoms with Gasteiger partial charge in [0.15, 0.2) is 5.79 Å². The molecule has 4 rings (SSSR count). The van der Waals surface area contributed by atoms with Gasteiger partial charge in [-0.05, 0) is 24.3 Å². The van der Waals surface area contributed by atoms with Crippen LogP contribution >= 0.6 is 0 Å². The van der Waals surface area contributed by atoms with E-state index in [1.807, 2.05) is 0 Å². The molecule has 1 amide bonds. The van der Waals surface area contributed by atoms with Crippen molar-refractivity contribution in [1.29, 1.82) is 0 Å². The predicted octanol–water partition coefficient (Wildman–Crippen LogP) is 0.281. The fourth-order valence-electron chi connectivity index (χ4n) is 3.62. The summed E-state index contributed by atoms with van der Waals surface area (Å²) in [6, 6.07) is 5.36. The molecule has 0 atom stereocenters. The smallest absolute Gasteiger partial charge is 0.243 e. The number of rotatable bonds is 3. The summed E-state index contributed by atoms with van der Waals surface area (Å²) in [7, 11) is -7.40. The second-order valence-corrected chi connectivity index (χ2v) is 10.6.